The molecule has 3 atom stereocenters. The van der Waals surface area contributed by atoms with Crippen molar-refractivity contribution in [3.05, 3.63) is 59.7 Å². The molecule has 0 spiro atoms. The molecule has 186 valence electrons. The highest BCUT2D eigenvalue weighted by atomic mass is 16.5. The van der Waals surface area contributed by atoms with Crippen molar-refractivity contribution in [1.82, 2.24) is 10.2 Å². The molecule has 1 fully saturated rings. The molecule has 4 rings (SSSR count). The van der Waals surface area contributed by atoms with Gasteiger partial charge in [0.05, 0.1) is 6.10 Å². The summed E-state index contributed by atoms with van der Waals surface area (Å²) in [6, 6.07) is 15.4. The molecule has 2 amide bonds. The van der Waals surface area contributed by atoms with Crippen molar-refractivity contribution < 1.29 is 29.3 Å². The number of carbonyl (C=O) groups is 3. The Kier molecular flexibility index (Phi) is 7.70. The van der Waals surface area contributed by atoms with E-state index in [1.807, 2.05) is 31.2 Å². The summed E-state index contributed by atoms with van der Waals surface area (Å²) in [5, 5.41) is 21.8. The van der Waals surface area contributed by atoms with Gasteiger partial charge in [-0.05, 0) is 41.0 Å². The predicted octanol–water partition coefficient (Wildman–Crippen LogP) is 3.38. The fraction of sp³-hybridized carbons (Fsp3) is 0.444. The van der Waals surface area contributed by atoms with Crippen LogP contribution in [0.1, 0.15) is 49.7 Å². The maximum absolute atomic E-state index is 12.4. The fourth-order valence-electron chi connectivity index (χ4n) is 5.05. The quantitative estimate of drug-likeness (QED) is 0.507. The number of rotatable bonds is 9. The van der Waals surface area contributed by atoms with E-state index in [1.54, 1.807) is 0 Å². The molecule has 1 unspecified atom stereocenters. The van der Waals surface area contributed by atoms with Gasteiger partial charge in [-0.15, -0.1) is 0 Å². The van der Waals surface area contributed by atoms with E-state index < -0.39 is 24.2 Å². The van der Waals surface area contributed by atoms with E-state index in [9.17, 15) is 24.6 Å². The Morgan fingerprint density at radius 3 is 2.31 bits per heavy atom. The molecule has 0 saturated carbocycles. The fourth-order valence-corrected chi connectivity index (χ4v) is 5.05. The molecule has 0 aromatic heterocycles. The Morgan fingerprint density at radius 2 is 1.69 bits per heavy atom. The molecule has 0 bridgehead atoms. The van der Waals surface area contributed by atoms with Crippen molar-refractivity contribution in [2.45, 2.75) is 50.7 Å². The van der Waals surface area contributed by atoms with Gasteiger partial charge < -0.3 is 25.2 Å². The Labute approximate surface area is 204 Å². The van der Waals surface area contributed by atoms with Gasteiger partial charge in [0.25, 0.3) is 0 Å². The number of nitrogens with zero attached hydrogens (tertiary/aromatic N) is 1. The Hall–Kier alpha value is -3.39. The number of ether oxygens (including phenoxy) is 1. The van der Waals surface area contributed by atoms with E-state index in [-0.39, 0.29) is 43.7 Å². The van der Waals surface area contributed by atoms with Gasteiger partial charge in [-0.1, -0.05) is 55.5 Å². The normalized spacial score (nSPS) is 19.7. The molecule has 1 aliphatic heterocycles. The summed E-state index contributed by atoms with van der Waals surface area (Å²) in [6.07, 6.45) is 0.264. The topological polar surface area (TPSA) is 116 Å². The summed E-state index contributed by atoms with van der Waals surface area (Å²) in [5.74, 6) is -1.18. The third-order valence-electron chi connectivity index (χ3n) is 6.99. The first-order valence-electron chi connectivity index (χ1n) is 12.1. The summed E-state index contributed by atoms with van der Waals surface area (Å²) >= 11 is 0. The van der Waals surface area contributed by atoms with Crippen molar-refractivity contribution in [1.29, 1.82) is 0 Å². The van der Waals surface area contributed by atoms with Gasteiger partial charge in [0.2, 0.25) is 5.91 Å². The van der Waals surface area contributed by atoms with E-state index in [4.69, 9.17) is 4.74 Å². The molecule has 8 nitrogen and oxygen atoms in total. The lowest BCUT2D eigenvalue weighted by atomic mass is 9.98. The minimum Gasteiger partial charge on any atom is -0.480 e. The second-order valence-electron chi connectivity index (χ2n) is 9.47. The van der Waals surface area contributed by atoms with Crippen LogP contribution in [0.2, 0.25) is 0 Å². The van der Waals surface area contributed by atoms with Gasteiger partial charge in [0, 0.05) is 31.8 Å². The van der Waals surface area contributed by atoms with Crippen LogP contribution >= 0.6 is 0 Å². The first-order chi connectivity index (χ1) is 16.8. The number of hydrogen-bond acceptors (Lipinski definition) is 5. The molecular weight excluding hydrogens is 448 g/mol. The monoisotopic (exact) mass is 480 g/mol. The summed E-state index contributed by atoms with van der Waals surface area (Å²) in [7, 11) is 0. The van der Waals surface area contributed by atoms with Crippen LogP contribution in [0.5, 0.6) is 0 Å². The van der Waals surface area contributed by atoms with Crippen LogP contribution in [0.15, 0.2) is 48.5 Å². The molecule has 1 saturated heterocycles. The largest absolute Gasteiger partial charge is 0.480 e. The lowest BCUT2D eigenvalue weighted by Crippen LogP contribution is -2.40. The number of aliphatic hydroxyl groups is 1. The van der Waals surface area contributed by atoms with Gasteiger partial charge in [-0.3, -0.25) is 4.79 Å². The molecular formula is C27H32N2O6. The van der Waals surface area contributed by atoms with Crippen molar-refractivity contribution >= 4 is 18.0 Å². The first-order valence-corrected chi connectivity index (χ1v) is 12.1. The number of hydrogen-bond donors (Lipinski definition) is 3. The Morgan fingerprint density at radius 1 is 1.06 bits per heavy atom. The van der Waals surface area contributed by atoms with Gasteiger partial charge in [-0.25, -0.2) is 9.59 Å². The average molecular weight is 481 g/mol. The number of aliphatic carboxylic acids is 1. The second-order valence-corrected chi connectivity index (χ2v) is 9.47. The second kappa shape index (κ2) is 10.9. The number of β-amino-alcohol motifs (C(OH)–C–C–N with tert-alkyl or cyclic N) is 1. The number of amides is 2. The van der Waals surface area contributed by atoms with E-state index in [0.717, 1.165) is 11.1 Å². The average Bonchev–Trinajstić information content (AvgIpc) is 3.39. The smallest absolute Gasteiger partial charge is 0.407 e. The maximum atomic E-state index is 12.4. The first kappa shape index (κ1) is 24.7. The third-order valence-corrected chi connectivity index (χ3v) is 6.99. The van der Waals surface area contributed by atoms with Gasteiger partial charge in [0.1, 0.15) is 12.6 Å². The standard InChI is InChI=1S/C27H32N2O6/c1-17(10-11-25(31)29-15-18(30)14-24(29)26(32)33)12-13-28-27(34)35-16-23-21-8-4-2-6-19(21)20-7-3-5-9-22(20)23/h2-9,17-18,23-24,30H,10-16H2,1H3,(H,28,34)(H,32,33)/t17?,18-,24-/m0/s1. The summed E-state index contributed by atoms with van der Waals surface area (Å²) in [6.45, 7) is 2.73. The Balaban J connectivity index is 1.18. The molecule has 0 radical (unpaired) electrons. The van der Waals surface area contributed by atoms with Crippen LogP contribution in [0.4, 0.5) is 4.79 Å². The highest BCUT2D eigenvalue weighted by Gasteiger charge is 2.38. The summed E-state index contributed by atoms with van der Waals surface area (Å²) < 4.78 is 5.54. The van der Waals surface area contributed by atoms with Crippen LogP contribution in [0.25, 0.3) is 11.1 Å². The number of fused-ring (bicyclic) bond motifs is 3. The van der Waals surface area contributed by atoms with Gasteiger partial charge >= 0.3 is 12.1 Å². The third kappa shape index (κ3) is 5.65. The van der Waals surface area contributed by atoms with Crippen LogP contribution in [0.3, 0.4) is 0 Å². The lowest BCUT2D eigenvalue weighted by Gasteiger charge is -2.22. The molecule has 1 heterocycles. The molecule has 35 heavy (non-hydrogen) atoms. The van der Waals surface area contributed by atoms with E-state index in [1.165, 1.54) is 16.0 Å². The molecule has 8 heteroatoms. The number of carboxylic acids is 1. The minimum atomic E-state index is -1.09. The SMILES string of the molecule is CC(CCNC(=O)OCC1c2ccccc2-c2ccccc21)CCC(=O)N1C[C@@H](O)C[C@H]1C(=O)O. The molecule has 2 aromatic rings. The van der Waals surface area contributed by atoms with Crippen molar-refractivity contribution in [3.63, 3.8) is 0 Å². The molecule has 3 N–H and O–H groups in total. The van der Waals surface area contributed by atoms with Crippen LogP contribution < -0.4 is 5.32 Å². The van der Waals surface area contributed by atoms with Crippen LogP contribution in [-0.4, -0.2) is 64.9 Å². The van der Waals surface area contributed by atoms with E-state index >= 15 is 0 Å². The highest BCUT2D eigenvalue weighted by Crippen LogP contribution is 2.44. The number of alkyl carbamates (subject to hydrolysis) is 1. The molecule has 2 aliphatic rings. The Bertz CT molecular complexity index is 1040. The van der Waals surface area contributed by atoms with E-state index in [2.05, 4.69) is 29.6 Å². The molecule has 1 aliphatic carbocycles. The maximum Gasteiger partial charge on any atom is 0.407 e. The summed E-state index contributed by atoms with van der Waals surface area (Å²) in [4.78, 5) is 37.3. The van der Waals surface area contributed by atoms with Crippen LogP contribution in [0, 0.1) is 5.92 Å². The molecule has 2 aromatic carbocycles. The number of benzene rings is 2. The van der Waals surface area contributed by atoms with Crippen molar-refractivity contribution in [3.8, 4) is 11.1 Å². The number of aliphatic hydroxyl groups excluding tert-OH is 1. The zero-order valence-corrected chi connectivity index (χ0v) is 19.9. The minimum absolute atomic E-state index is 0.0109. The van der Waals surface area contributed by atoms with Crippen LogP contribution in [-0.2, 0) is 14.3 Å². The summed E-state index contributed by atoms with van der Waals surface area (Å²) in [5.41, 5.74) is 4.68. The zero-order chi connectivity index (χ0) is 24.9. The van der Waals surface area contributed by atoms with Crippen molar-refractivity contribution in [2.75, 3.05) is 19.7 Å². The number of carbonyl (C=O) groups excluding carboxylic acids is 2. The van der Waals surface area contributed by atoms with E-state index in [0.29, 0.717) is 19.4 Å². The predicted molar refractivity (Wildman–Crippen MR) is 130 cm³/mol. The van der Waals surface area contributed by atoms with Gasteiger partial charge in [0.15, 0.2) is 0 Å². The van der Waals surface area contributed by atoms with Gasteiger partial charge in [-0.2, -0.15) is 0 Å². The lowest BCUT2D eigenvalue weighted by molar-refractivity contribution is -0.148. The zero-order valence-electron chi connectivity index (χ0n) is 19.9. The number of likely N-dealkylation sites (tertiary alicyclic amines) is 1. The number of carboxylic acid groups (broad SMARTS) is 1. The highest BCUT2D eigenvalue weighted by molar-refractivity contribution is 5.84. The number of nitrogens with one attached hydrogen (secondary N) is 1. The van der Waals surface area contributed by atoms with Crippen molar-refractivity contribution in [2.24, 2.45) is 5.92 Å².